The summed E-state index contributed by atoms with van der Waals surface area (Å²) in [5.41, 5.74) is 2.26. The van der Waals surface area contributed by atoms with Crippen molar-refractivity contribution in [3.63, 3.8) is 0 Å². The summed E-state index contributed by atoms with van der Waals surface area (Å²) in [7, 11) is 0. The van der Waals surface area contributed by atoms with Gasteiger partial charge in [-0.05, 0) is 42.8 Å². The number of rotatable bonds is 5. The van der Waals surface area contributed by atoms with E-state index in [2.05, 4.69) is 5.32 Å². The van der Waals surface area contributed by atoms with Gasteiger partial charge in [-0.3, -0.25) is 9.59 Å². The SMILES string of the molecule is Cc1cc(Cl)ccc1NC(=O)COc1c(-c2ccccc2)oc2ccccc2c1=O. The summed E-state index contributed by atoms with van der Waals surface area (Å²) in [6, 6.07) is 21.3. The molecule has 1 heterocycles. The van der Waals surface area contributed by atoms with Crippen LogP contribution >= 0.6 is 11.6 Å². The first-order chi connectivity index (χ1) is 14.5. The number of carbonyl (C=O) groups is 1. The Hall–Kier alpha value is -3.57. The molecule has 0 atom stereocenters. The number of nitrogens with one attached hydrogen (secondary N) is 1. The monoisotopic (exact) mass is 419 g/mol. The van der Waals surface area contributed by atoms with Crippen LogP contribution in [-0.4, -0.2) is 12.5 Å². The Morgan fingerprint density at radius 1 is 1.03 bits per heavy atom. The number of hydrogen-bond acceptors (Lipinski definition) is 4. The summed E-state index contributed by atoms with van der Waals surface area (Å²) in [5.74, 6) is -0.107. The van der Waals surface area contributed by atoms with Crippen molar-refractivity contribution < 1.29 is 13.9 Å². The molecule has 0 aliphatic rings. The van der Waals surface area contributed by atoms with Crippen LogP contribution in [0, 0.1) is 6.92 Å². The van der Waals surface area contributed by atoms with E-state index >= 15 is 0 Å². The molecule has 4 aromatic rings. The van der Waals surface area contributed by atoms with Crippen LogP contribution in [0.3, 0.4) is 0 Å². The van der Waals surface area contributed by atoms with E-state index < -0.39 is 5.91 Å². The minimum absolute atomic E-state index is 0.00266. The van der Waals surface area contributed by atoms with Crippen molar-refractivity contribution in [2.24, 2.45) is 0 Å². The quantitative estimate of drug-likeness (QED) is 0.467. The molecule has 6 heteroatoms. The van der Waals surface area contributed by atoms with Gasteiger partial charge in [-0.15, -0.1) is 0 Å². The van der Waals surface area contributed by atoms with Gasteiger partial charge < -0.3 is 14.5 Å². The number of amides is 1. The van der Waals surface area contributed by atoms with E-state index in [1.54, 1.807) is 42.5 Å². The minimum Gasteiger partial charge on any atom is -0.476 e. The molecule has 0 unspecified atom stereocenters. The van der Waals surface area contributed by atoms with Gasteiger partial charge in [0.2, 0.25) is 11.2 Å². The van der Waals surface area contributed by atoms with Gasteiger partial charge in [0.1, 0.15) is 5.58 Å². The second kappa shape index (κ2) is 8.43. The van der Waals surface area contributed by atoms with Crippen molar-refractivity contribution in [3.05, 3.63) is 93.6 Å². The molecule has 0 saturated heterocycles. The maximum atomic E-state index is 13.1. The lowest BCUT2D eigenvalue weighted by Gasteiger charge is -2.12. The number of aryl methyl sites for hydroxylation is 1. The van der Waals surface area contributed by atoms with Crippen molar-refractivity contribution in [2.45, 2.75) is 6.92 Å². The molecule has 0 bridgehead atoms. The fraction of sp³-hybridized carbons (Fsp3) is 0.0833. The fourth-order valence-corrected chi connectivity index (χ4v) is 3.35. The Morgan fingerprint density at radius 2 is 1.77 bits per heavy atom. The molecule has 5 nitrogen and oxygen atoms in total. The molecule has 1 aromatic heterocycles. The summed E-state index contributed by atoms with van der Waals surface area (Å²) in [4.78, 5) is 25.5. The van der Waals surface area contributed by atoms with E-state index in [9.17, 15) is 9.59 Å². The smallest absolute Gasteiger partial charge is 0.262 e. The fourth-order valence-electron chi connectivity index (χ4n) is 3.13. The predicted octanol–water partition coefficient (Wildman–Crippen LogP) is 5.44. The molecule has 0 aliphatic carbocycles. The molecule has 1 amide bonds. The molecule has 3 aromatic carbocycles. The van der Waals surface area contributed by atoms with Gasteiger partial charge in [0.25, 0.3) is 5.91 Å². The van der Waals surface area contributed by atoms with Crippen LogP contribution < -0.4 is 15.5 Å². The first-order valence-corrected chi connectivity index (χ1v) is 9.71. The molecule has 0 radical (unpaired) electrons. The second-order valence-corrected chi connectivity index (χ2v) is 7.18. The van der Waals surface area contributed by atoms with Crippen LogP contribution in [0.25, 0.3) is 22.3 Å². The zero-order chi connectivity index (χ0) is 21.1. The summed E-state index contributed by atoms with van der Waals surface area (Å²) in [6.07, 6.45) is 0. The van der Waals surface area contributed by atoms with Crippen LogP contribution in [0.5, 0.6) is 5.75 Å². The molecule has 0 fully saturated rings. The van der Waals surface area contributed by atoms with Crippen LogP contribution in [0.15, 0.2) is 82.0 Å². The topological polar surface area (TPSA) is 68.5 Å². The van der Waals surface area contributed by atoms with Crippen molar-refractivity contribution >= 4 is 34.2 Å². The Labute approximate surface area is 177 Å². The highest BCUT2D eigenvalue weighted by Crippen LogP contribution is 2.30. The molecule has 0 saturated carbocycles. The van der Waals surface area contributed by atoms with Gasteiger partial charge in [0.05, 0.1) is 5.39 Å². The first-order valence-electron chi connectivity index (χ1n) is 9.33. The maximum Gasteiger partial charge on any atom is 0.262 e. The lowest BCUT2D eigenvalue weighted by atomic mass is 10.1. The molecule has 0 aliphatic heterocycles. The molecular formula is C24H18ClNO4. The number of ether oxygens (including phenoxy) is 1. The third kappa shape index (κ3) is 4.07. The van der Waals surface area contributed by atoms with E-state index in [4.69, 9.17) is 20.8 Å². The molecule has 0 spiro atoms. The summed E-state index contributed by atoms with van der Waals surface area (Å²) < 4.78 is 11.7. The van der Waals surface area contributed by atoms with Gasteiger partial charge in [-0.2, -0.15) is 0 Å². The lowest BCUT2D eigenvalue weighted by molar-refractivity contribution is -0.118. The van der Waals surface area contributed by atoms with Crippen molar-refractivity contribution in [1.29, 1.82) is 0 Å². The van der Waals surface area contributed by atoms with Crippen molar-refractivity contribution in [1.82, 2.24) is 0 Å². The first kappa shape index (κ1) is 19.7. The third-order valence-corrected chi connectivity index (χ3v) is 4.84. The Balaban J connectivity index is 1.65. The zero-order valence-corrected chi connectivity index (χ0v) is 16.9. The molecule has 1 N–H and O–H groups in total. The lowest BCUT2D eigenvalue weighted by Crippen LogP contribution is -2.23. The highest BCUT2D eigenvalue weighted by molar-refractivity contribution is 6.30. The molecular weight excluding hydrogens is 402 g/mol. The number of benzene rings is 3. The second-order valence-electron chi connectivity index (χ2n) is 6.75. The van der Waals surface area contributed by atoms with E-state index in [0.717, 1.165) is 5.56 Å². The normalized spacial score (nSPS) is 10.7. The van der Waals surface area contributed by atoms with Gasteiger partial charge in [0.15, 0.2) is 12.4 Å². The van der Waals surface area contributed by atoms with Gasteiger partial charge in [-0.1, -0.05) is 54.1 Å². The highest BCUT2D eigenvalue weighted by atomic mass is 35.5. The minimum atomic E-state index is -0.396. The third-order valence-electron chi connectivity index (χ3n) is 4.60. The maximum absolute atomic E-state index is 13.1. The highest BCUT2D eigenvalue weighted by Gasteiger charge is 2.18. The Kier molecular flexibility index (Phi) is 5.55. The number of halogens is 1. The zero-order valence-electron chi connectivity index (χ0n) is 16.1. The van der Waals surface area contributed by atoms with E-state index in [1.165, 1.54) is 0 Å². The Bertz CT molecular complexity index is 1280. The van der Waals surface area contributed by atoms with Crippen LogP contribution in [0.2, 0.25) is 5.02 Å². The number of hydrogen-bond donors (Lipinski definition) is 1. The average Bonchev–Trinajstić information content (AvgIpc) is 2.75. The summed E-state index contributed by atoms with van der Waals surface area (Å²) in [6.45, 7) is 1.50. The van der Waals surface area contributed by atoms with Crippen LogP contribution in [0.4, 0.5) is 5.69 Å². The van der Waals surface area contributed by atoms with Crippen LogP contribution in [0.1, 0.15) is 5.56 Å². The molecule has 4 rings (SSSR count). The van der Waals surface area contributed by atoms with Gasteiger partial charge in [-0.25, -0.2) is 0 Å². The largest absolute Gasteiger partial charge is 0.476 e. The van der Waals surface area contributed by atoms with E-state index in [-0.39, 0.29) is 23.5 Å². The van der Waals surface area contributed by atoms with E-state index in [0.29, 0.717) is 27.2 Å². The number of carbonyl (C=O) groups excluding carboxylic acids is 1. The summed E-state index contributed by atoms with van der Waals surface area (Å²) in [5, 5.41) is 3.74. The van der Waals surface area contributed by atoms with Gasteiger partial charge >= 0.3 is 0 Å². The predicted molar refractivity (Wildman–Crippen MR) is 118 cm³/mol. The van der Waals surface area contributed by atoms with Crippen molar-refractivity contribution in [2.75, 3.05) is 11.9 Å². The van der Waals surface area contributed by atoms with E-state index in [1.807, 2.05) is 37.3 Å². The number of fused-ring (bicyclic) bond motifs is 1. The standard InChI is InChI=1S/C24H18ClNO4/c1-15-13-17(25)11-12-19(15)26-21(27)14-29-24-22(28)18-9-5-6-10-20(18)30-23(24)16-7-3-2-4-8-16/h2-13H,14H2,1H3,(H,26,27). The molecule has 150 valence electrons. The summed E-state index contributed by atoms with van der Waals surface area (Å²) >= 11 is 5.95. The average molecular weight is 420 g/mol. The van der Waals surface area contributed by atoms with Gasteiger partial charge in [0, 0.05) is 16.3 Å². The van der Waals surface area contributed by atoms with Crippen LogP contribution in [-0.2, 0) is 4.79 Å². The van der Waals surface area contributed by atoms with Crippen molar-refractivity contribution in [3.8, 4) is 17.1 Å². The number of anilines is 1. The Morgan fingerprint density at radius 3 is 2.53 bits per heavy atom. The number of para-hydroxylation sites is 1. The molecule has 30 heavy (non-hydrogen) atoms.